The average molecular weight is 300 g/mol. The van der Waals surface area contributed by atoms with Crippen LogP contribution in [0.2, 0.25) is 5.02 Å². The number of benzene rings is 1. The van der Waals surface area contributed by atoms with Crippen LogP contribution < -0.4 is 10.6 Å². The SMILES string of the molecule is CN(C)CCCNC(=O)Nc1ccc(C(=O)O)cc1Cl. The smallest absolute Gasteiger partial charge is 0.335 e. The molecule has 0 radical (unpaired) electrons. The Morgan fingerprint density at radius 3 is 2.60 bits per heavy atom. The molecule has 0 unspecified atom stereocenters. The molecule has 7 heteroatoms. The minimum atomic E-state index is -1.06. The molecule has 0 atom stereocenters. The molecule has 0 saturated carbocycles. The number of nitrogens with one attached hydrogen (secondary N) is 2. The van der Waals surface area contributed by atoms with Gasteiger partial charge in [0.1, 0.15) is 0 Å². The van der Waals surface area contributed by atoms with Crippen molar-refractivity contribution in [2.75, 3.05) is 32.5 Å². The van der Waals surface area contributed by atoms with E-state index in [1.165, 1.54) is 18.2 Å². The first-order valence-electron chi connectivity index (χ1n) is 6.12. The number of carboxylic acid groups (broad SMARTS) is 1. The Kier molecular flexibility index (Phi) is 6.27. The number of hydrogen-bond acceptors (Lipinski definition) is 3. The molecule has 0 saturated heterocycles. The third-order valence-corrected chi connectivity index (χ3v) is 2.84. The Labute approximate surface area is 122 Å². The van der Waals surface area contributed by atoms with Crippen LogP contribution in [0.25, 0.3) is 0 Å². The lowest BCUT2D eigenvalue weighted by Crippen LogP contribution is -2.31. The zero-order valence-electron chi connectivity index (χ0n) is 11.4. The maximum atomic E-state index is 11.6. The summed E-state index contributed by atoms with van der Waals surface area (Å²) in [4.78, 5) is 24.4. The Morgan fingerprint density at radius 1 is 1.35 bits per heavy atom. The maximum absolute atomic E-state index is 11.6. The minimum Gasteiger partial charge on any atom is -0.478 e. The number of rotatable bonds is 6. The van der Waals surface area contributed by atoms with Crippen LogP contribution in [0.4, 0.5) is 10.5 Å². The number of hydrogen-bond donors (Lipinski definition) is 3. The van der Waals surface area contributed by atoms with Crippen molar-refractivity contribution in [3.63, 3.8) is 0 Å². The van der Waals surface area contributed by atoms with E-state index in [4.69, 9.17) is 16.7 Å². The van der Waals surface area contributed by atoms with Gasteiger partial charge in [0.2, 0.25) is 0 Å². The van der Waals surface area contributed by atoms with Crippen molar-refractivity contribution in [1.29, 1.82) is 0 Å². The predicted molar refractivity (Wildman–Crippen MR) is 78.6 cm³/mol. The summed E-state index contributed by atoms with van der Waals surface area (Å²) in [5, 5.41) is 14.3. The summed E-state index contributed by atoms with van der Waals surface area (Å²) in [5.41, 5.74) is 0.453. The summed E-state index contributed by atoms with van der Waals surface area (Å²) in [7, 11) is 3.92. The predicted octanol–water partition coefficient (Wildman–Crippen LogP) is 2.11. The lowest BCUT2D eigenvalue weighted by atomic mass is 10.2. The van der Waals surface area contributed by atoms with Gasteiger partial charge in [-0.25, -0.2) is 9.59 Å². The maximum Gasteiger partial charge on any atom is 0.335 e. The Hall–Kier alpha value is -1.79. The fourth-order valence-electron chi connectivity index (χ4n) is 1.51. The lowest BCUT2D eigenvalue weighted by Gasteiger charge is -2.11. The highest BCUT2D eigenvalue weighted by Crippen LogP contribution is 2.22. The van der Waals surface area contributed by atoms with E-state index >= 15 is 0 Å². The van der Waals surface area contributed by atoms with Crippen molar-refractivity contribution < 1.29 is 14.7 Å². The van der Waals surface area contributed by atoms with Gasteiger partial charge >= 0.3 is 12.0 Å². The van der Waals surface area contributed by atoms with Gasteiger partial charge in [-0.15, -0.1) is 0 Å². The number of urea groups is 1. The van der Waals surface area contributed by atoms with Gasteiger partial charge in [0.05, 0.1) is 16.3 Å². The second kappa shape index (κ2) is 7.72. The van der Waals surface area contributed by atoms with Crippen LogP contribution in [0.15, 0.2) is 18.2 Å². The second-order valence-electron chi connectivity index (χ2n) is 4.54. The molecule has 1 rings (SSSR count). The van der Waals surface area contributed by atoms with E-state index in [0.29, 0.717) is 12.2 Å². The van der Waals surface area contributed by atoms with E-state index in [-0.39, 0.29) is 16.6 Å². The summed E-state index contributed by atoms with van der Waals surface area (Å²) in [6.07, 6.45) is 0.839. The first-order valence-corrected chi connectivity index (χ1v) is 6.50. The van der Waals surface area contributed by atoms with Gasteiger partial charge in [-0.3, -0.25) is 0 Å². The quantitative estimate of drug-likeness (QED) is 0.703. The molecule has 0 heterocycles. The number of carbonyl (C=O) groups excluding carboxylic acids is 1. The van der Waals surface area contributed by atoms with E-state index in [0.717, 1.165) is 13.0 Å². The highest BCUT2D eigenvalue weighted by atomic mass is 35.5. The molecule has 3 N–H and O–H groups in total. The van der Waals surface area contributed by atoms with Crippen LogP contribution in [-0.4, -0.2) is 49.2 Å². The van der Waals surface area contributed by atoms with E-state index in [1.54, 1.807) is 0 Å². The van der Waals surface area contributed by atoms with Gasteiger partial charge < -0.3 is 20.6 Å². The Balaban J connectivity index is 2.48. The number of carboxylic acids is 1. The van der Waals surface area contributed by atoms with Crippen molar-refractivity contribution in [3.8, 4) is 0 Å². The second-order valence-corrected chi connectivity index (χ2v) is 4.94. The minimum absolute atomic E-state index is 0.0759. The lowest BCUT2D eigenvalue weighted by molar-refractivity contribution is 0.0697. The summed E-state index contributed by atoms with van der Waals surface area (Å²) >= 11 is 5.91. The van der Waals surface area contributed by atoms with Crippen LogP contribution in [0.1, 0.15) is 16.8 Å². The van der Waals surface area contributed by atoms with Gasteiger partial charge in [0, 0.05) is 6.54 Å². The third-order valence-electron chi connectivity index (χ3n) is 2.53. The summed E-state index contributed by atoms with van der Waals surface area (Å²) < 4.78 is 0. The Bertz CT molecular complexity index is 492. The van der Waals surface area contributed by atoms with Crippen LogP contribution in [0, 0.1) is 0 Å². The van der Waals surface area contributed by atoms with Gasteiger partial charge in [0.25, 0.3) is 0 Å². The molecule has 1 aromatic carbocycles. The van der Waals surface area contributed by atoms with Crippen LogP contribution >= 0.6 is 11.6 Å². The highest BCUT2D eigenvalue weighted by molar-refractivity contribution is 6.34. The van der Waals surface area contributed by atoms with Gasteiger partial charge in [-0.1, -0.05) is 11.6 Å². The molecule has 2 amide bonds. The fourth-order valence-corrected chi connectivity index (χ4v) is 1.74. The summed E-state index contributed by atoms with van der Waals surface area (Å²) in [6.45, 7) is 1.43. The molecule has 0 fully saturated rings. The van der Waals surface area contributed by atoms with Crippen molar-refractivity contribution >= 4 is 29.3 Å². The number of carbonyl (C=O) groups is 2. The standard InChI is InChI=1S/C13H18ClN3O3/c1-17(2)7-3-6-15-13(20)16-11-5-4-9(12(18)19)8-10(11)14/h4-5,8H,3,6-7H2,1-2H3,(H,18,19)(H2,15,16,20). The molecule has 0 aliphatic heterocycles. The zero-order chi connectivity index (χ0) is 15.1. The first-order chi connectivity index (χ1) is 9.40. The molecule has 0 bridgehead atoms. The number of amides is 2. The molecule has 1 aromatic rings. The largest absolute Gasteiger partial charge is 0.478 e. The monoisotopic (exact) mass is 299 g/mol. The van der Waals surface area contributed by atoms with Gasteiger partial charge in [0.15, 0.2) is 0 Å². The molecular weight excluding hydrogens is 282 g/mol. The summed E-state index contributed by atoms with van der Waals surface area (Å²) in [6, 6.07) is 3.78. The first kappa shape index (κ1) is 16.3. The van der Waals surface area contributed by atoms with Crippen LogP contribution in [0.3, 0.4) is 0 Å². The molecule has 0 spiro atoms. The normalized spacial score (nSPS) is 10.4. The topological polar surface area (TPSA) is 81.7 Å². The highest BCUT2D eigenvalue weighted by Gasteiger charge is 2.09. The van der Waals surface area contributed by atoms with E-state index in [1.807, 2.05) is 19.0 Å². The molecule has 0 aliphatic carbocycles. The molecule has 20 heavy (non-hydrogen) atoms. The number of anilines is 1. The van der Waals surface area contributed by atoms with Crippen molar-refractivity contribution in [2.45, 2.75) is 6.42 Å². The molecule has 0 aromatic heterocycles. The number of nitrogens with zero attached hydrogens (tertiary/aromatic N) is 1. The van der Waals surface area contributed by atoms with Crippen LogP contribution in [-0.2, 0) is 0 Å². The number of halogens is 1. The molecule has 6 nitrogen and oxygen atoms in total. The van der Waals surface area contributed by atoms with Crippen molar-refractivity contribution in [2.24, 2.45) is 0 Å². The van der Waals surface area contributed by atoms with E-state index in [2.05, 4.69) is 10.6 Å². The number of aromatic carboxylic acids is 1. The van der Waals surface area contributed by atoms with Crippen molar-refractivity contribution in [1.82, 2.24) is 10.2 Å². The average Bonchev–Trinajstić information content (AvgIpc) is 2.36. The summed E-state index contributed by atoms with van der Waals surface area (Å²) in [5.74, 6) is -1.06. The Morgan fingerprint density at radius 2 is 2.05 bits per heavy atom. The molecule has 110 valence electrons. The van der Waals surface area contributed by atoms with Gasteiger partial charge in [-0.05, 0) is 45.3 Å². The van der Waals surface area contributed by atoms with Gasteiger partial charge in [-0.2, -0.15) is 0 Å². The third kappa shape index (κ3) is 5.46. The molecule has 0 aliphatic rings. The van der Waals surface area contributed by atoms with E-state index in [9.17, 15) is 9.59 Å². The zero-order valence-corrected chi connectivity index (χ0v) is 12.2. The fraction of sp³-hybridized carbons (Fsp3) is 0.385. The molecular formula is C13H18ClN3O3. The van der Waals surface area contributed by atoms with E-state index < -0.39 is 5.97 Å². The van der Waals surface area contributed by atoms with Crippen molar-refractivity contribution in [3.05, 3.63) is 28.8 Å². The van der Waals surface area contributed by atoms with Crippen LogP contribution in [0.5, 0.6) is 0 Å².